The first-order chi connectivity index (χ1) is 19.9. The normalized spacial score (nSPS) is 19.7. The third-order valence-electron chi connectivity index (χ3n) is 8.50. The lowest BCUT2D eigenvalue weighted by Gasteiger charge is -2.29. The summed E-state index contributed by atoms with van der Waals surface area (Å²) in [6.45, 7) is 8.26. The summed E-state index contributed by atoms with van der Waals surface area (Å²) in [5, 5.41) is 10.1. The molecule has 5 rings (SSSR count). The number of fused-ring (bicyclic) bond motifs is 1. The number of nitrogens with one attached hydrogen (secondary N) is 3. The van der Waals surface area contributed by atoms with Crippen molar-refractivity contribution in [3.05, 3.63) is 77.2 Å². The van der Waals surface area contributed by atoms with E-state index in [1.807, 2.05) is 29.8 Å². The summed E-state index contributed by atoms with van der Waals surface area (Å²) in [6, 6.07) is 10.7. The van der Waals surface area contributed by atoms with Crippen molar-refractivity contribution in [2.75, 3.05) is 25.0 Å². The summed E-state index contributed by atoms with van der Waals surface area (Å²) in [6.07, 6.45) is 9.29. The summed E-state index contributed by atoms with van der Waals surface area (Å²) in [5.41, 5.74) is 3.46. The number of nitrogens with zero attached hydrogens (tertiary/aromatic N) is 3. The van der Waals surface area contributed by atoms with E-state index in [4.69, 9.17) is 0 Å². The van der Waals surface area contributed by atoms with Gasteiger partial charge in [-0.3, -0.25) is 9.69 Å². The third kappa shape index (κ3) is 7.20. The minimum absolute atomic E-state index is 0.0599. The lowest BCUT2D eigenvalue weighted by molar-refractivity contribution is -0.118. The first-order valence-corrected chi connectivity index (χ1v) is 15.1. The summed E-state index contributed by atoms with van der Waals surface area (Å²) >= 11 is 0. The molecular weight excluding hydrogens is 522 g/mol. The number of benzene rings is 2. The minimum Gasteiger partial charge on any atom is -0.311 e. The average molecular weight is 565 g/mol. The van der Waals surface area contributed by atoms with Crippen LogP contribution in [0, 0.1) is 11.6 Å². The number of hydrogen-bond donors (Lipinski definition) is 3. The van der Waals surface area contributed by atoms with Crippen molar-refractivity contribution in [2.24, 2.45) is 0 Å². The number of rotatable bonds is 12. The fraction of sp³-hybridized carbons (Fsp3) is 0.500. The molecule has 1 amide bonds. The number of amides is 1. The molecule has 2 aromatic carbocycles. The highest BCUT2D eigenvalue weighted by Crippen LogP contribution is 2.26. The number of carbonyl (C=O) groups excluding carboxylic acids is 1. The van der Waals surface area contributed by atoms with Gasteiger partial charge in [-0.15, -0.1) is 0 Å². The van der Waals surface area contributed by atoms with Gasteiger partial charge in [-0.1, -0.05) is 38.5 Å². The number of imidazole rings is 1. The Morgan fingerprint density at radius 2 is 2.02 bits per heavy atom. The maximum atomic E-state index is 14.4. The van der Waals surface area contributed by atoms with E-state index in [0.29, 0.717) is 36.7 Å². The van der Waals surface area contributed by atoms with Gasteiger partial charge < -0.3 is 20.5 Å². The molecule has 1 unspecified atom stereocenters. The highest BCUT2D eigenvalue weighted by atomic mass is 19.1. The molecule has 0 spiro atoms. The number of likely N-dealkylation sites (N-methyl/N-ethyl adjacent to an activating group) is 1. The van der Waals surface area contributed by atoms with Crippen LogP contribution in [-0.4, -0.2) is 58.1 Å². The van der Waals surface area contributed by atoms with Crippen molar-refractivity contribution in [3.8, 4) is 5.69 Å². The Bertz CT molecular complexity index is 1330. The van der Waals surface area contributed by atoms with Gasteiger partial charge in [-0.25, -0.2) is 13.8 Å². The van der Waals surface area contributed by atoms with E-state index in [1.165, 1.54) is 31.0 Å². The van der Waals surface area contributed by atoms with Gasteiger partial charge in [0, 0.05) is 31.2 Å². The van der Waals surface area contributed by atoms with Crippen molar-refractivity contribution in [3.63, 3.8) is 0 Å². The zero-order valence-corrected chi connectivity index (χ0v) is 24.1. The summed E-state index contributed by atoms with van der Waals surface area (Å²) < 4.78 is 30.0. The zero-order chi connectivity index (χ0) is 28.8. The van der Waals surface area contributed by atoms with Gasteiger partial charge in [0.25, 0.3) is 0 Å². The van der Waals surface area contributed by atoms with E-state index >= 15 is 0 Å². The maximum Gasteiger partial charge on any atom is 0.242 e. The SMILES string of the molecule is CCCC(N[C@H]1CCc2cc(F)cc(F)c2C1)C(=O)Nc1cn(-c2ccccc2CNC[C@@H]2CCCN2CC)cn1. The molecule has 0 bridgehead atoms. The molecule has 2 heterocycles. The number of aryl methyl sites for hydroxylation is 1. The van der Waals surface area contributed by atoms with Gasteiger partial charge in [-0.2, -0.15) is 0 Å². The van der Waals surface area contributed by atoms with Gasteiger partial charge in [0.15, 0.2) is 5.82 Å². The minimum atomic E-state index is -0.540. The molecule has 1 saturated heterocycles. The van der Waals surface area contributed by atoms with Crippen LogP contribution in [0.2, 0.25) is 0 Å². The van der Waals surface area contributed by atoms with E-state index in [9.17, 15) is 13.6 Å². The number of halogens is 2. The van der Waals surface area contributed by atoms with Gasteiger partial charge in [-0.05, 0) is 80.4 Å². The number of carbonyl (C=O) groups is 1. The quantitative estimate of drug-likeness (QED) is 0.290. The van der Waals surface area contributed by atoms with Gasteiger partial charge in [0.05, 0.1) is 17.9 Å². The van der Waals surface area contributed by atoms with Crippen molar-refractivity contribution in [1.29, 1.82) is 0 Å². The second-order valence-corrected chi connectivity index (χ2v) is 11.3. The lowest BCUT2D eigenvalue weighted by atomic mass is 9.87. The molecule has 41 heavy (non-hydrogen) atoms. The van der Waals surface area contributed by atoms with Crippen LogP contribution in [0.1, 0.15) is 62.6 Å². The Morgan fingerprint density at radius 1 is 1.17 bits per heavy atom. The molecule has 3 atom stereocenters. The Morgan fingerprint density at radius 3 is 2.85 bits per heavy atom. The molecule has 7 nitrogen and oxygen atoms in total. The number of likely N-dealkylation sites (tertiary alicyclic amines) is 1. The first kappa shape index (κ1) is 29.4. The van der Waals surface area contributed by atoms with Crippen LogP contribution in [0.5, 0.6) is 0 Å². The van der Waals surface area contributed by atoms with Crippen LogP contribution in [0.3, 0.4) is 0 Å². The zero-order valence-electron chi connectivity index (χ0n) is 24.1. The predicted octanol–water partition coefficient (Wildman–Crippen LogP) is 4.98. The molecule has 1 aromatic heterocycles. The van der Waals surface area contributed by atoms with Crippen molar-refractivity contribution < 1.29 is 13.6 Å². The average Bonchev–Trinajstić information content (AvgIpc) is 3.63. The largest absolute Gasteiger partial charge is 0.311 e. The third-order valence-corrected chi connectivity index (χ3v) is 8.50. The van der Waals surface area contributed by atoms with Crippen LogP contribution in [0.15, 0.2) is 48.9 Å². The molecule has 2 aliphatic rings. The predicted molar refractivity (Wildman–Crippen MR) is 158 cm³/mol. The number of anilines is 1. The Balaban J connectivity index is 1.20. The molecule has 1 aliphatic carbocycles. The van der Waals surface area contributed by atoms with Crippen molar-refractivity contribution in [2.45, 2.75) is 83.5 Å². The molecule has 0 saturated carbocycles. The summed E-state index contributed by atoms with van der Waals surface area (Å²) in [5.74, 6) is -0.720. The van der Waals surface area contributed by atoms with Crippen LogP contribution >= 0.6 is 0 Å². The van der Waals surface area contributed by atoms with Crippen LogP contribution < -0.4 is 16.0 Å². The second kappa shape index (κ2) is 13.7. The van der Waals surface area contributed by atoms with Crippen LogP contribution in [0.4, 0.5) is 14.6 Å². The molecule has 1 aliphatic heterocycles. The van der Waals surface area contributed by atoms with E-state index in [-0.39, 0.29) is 11.9 Å². The molecule has 9 heteroatoms. The fourth-order valence-corrected chi connectivity index (χ4v) is 6.35. The smallest absolute Gasteiger partial charge is 0.242 e. The highest BCUT2D eigenvalue weighted by molar-refractivity contribution is 5.94. The van der Waals surface area contributed by atoms with Crippen molar-refractivity contribution >= 4 is 11.7 Å². The van der Waals surface area contributed by atoms with Crippen LogP contribution in [-0.2, 0) is 24.2 Å². The van der Waals surface area contributed by atoms with E-state index in [0.717, 1.165) is 49.8 Å². The van der Waals surface area contributed by atoms with Crippen LogP contribution in [0.25, 0.3) is 5.69 Å². The number of aromatic nitrogens is 2. The lowest BCUT2D eigenvalue weighted by Crippen LogP contribution is -2.48. The summed E-state index contributed by atoms with van der Waals surface area (Å²) in [7, 11) is 0. The van der Waals surface area contributed by atoms with Gasteiger partial charge in [0.1, 0.15) is 18.0 Å². The molecule has 1 fully saturated rings. The first-order valence-electron chi connectivity index (χ1n) is 15.1. The monoisotopic (exact) mass is 564 g/mol. The molecule has 3 aromatic rings. The fourth-order valence-electron chi connectivity index (χ4n) is 6.35. The molecule has 0 radical (unpaired) electrons. The second-order valence-electron chi connectivity index (χ2n) is 11.3. The van der Waals surface area contributed by atoms with E-state index in [1.54, 1.807) is 6.33 Å². The summed E-state index contributed by atoms with van der Waals surface area (Å²) in [4.78, 5) is 20.3. The van der Waals surface area contributed by atoms with E-state index in [2.05, 4.69) is 44.9 Å². The Kier molecular flexibility index (Phi) is 9.80. The molecular formula is C32H42F2N6O. The Labute approximate surface area is 241 Å². The molecule has 3 N–H and O–H groups in total. The maximum absolute atomic E-state index is 14.4. The topological polar surface area (TPSA) is 74.2 Å². The highest BCUT2D eigenvalue weighted by Gasteiger charge is 2.27. The van der Waals surface area contributed by atoms with Gasteiger partial charge in [0.2, 0.25) is 5.91 Å². The van der Waals surface area contributed by atoms with Crippen molar-refractivity contribution in [1.82, 2.24) is 25.1 Å². The molecule has 220 valence electrons. The van der Waals surface area contributed by atoms with E-state index < -0.39 is 17.7 Å². The standard InChI is InChI=1S/C32H42F2N6O/c1-3-8-29(37-25-13-12-22-15-24(33)16-28(34)27(22)17-25)32(41)38-31-20-40(21-36-31)30-11-6-5-9-23(30)18-35-19-26-10-7-14-39(26)4-2/h5-6,9,11,15-16,20-21,25-26,29,35,37H,3-4,7-8,10,12-14,17-19H2,1-2H3,(H,38,41)/t25-,26-,29?/m0/s1. The van der Waals surface area contributed by atoms with Gasteiger partial charge >= 0.3 is 0 Å². The number of para-hydroxylation sites is 1. The Hall–Kier alpha value is -3.14. The number of hydrogen-bond acceptors (Lipinski definition) is 5.